The van der Waals surface area contributed by atoms with Crippen molar-refractivity contribution in [2.75, 3.05) is 24.3 Å². The molecule has 0 aliphatic carbocycles. The highest BCUT2D eigenvalue weighted by molar-refractivity contribution is 7.99. The highest BCUT2D eigenvalue weighted by Gasteiger charge is 2.21. The van der Waals surface area contributed by atoms with Crippen LogP contribution in [0, 0.1) is 24.0 Å². The van der Waals surface area contributed by atoms with E-state index in [1.807, 2.05) is 36.6 Å². The van der Waals surface area contributed by atoms with Crippen LogP contribution >= 0.6 is 11.8 Å². The second-order valence-corrected chi connectivity index (χ2v) is 8.47. The molecular weight excluding hydrogens is 444 g/mol. The van der Waals surface area contributed by atoms with Crippen molar-refractivity contribution in [1.82, 2.24) is 9.55 Å². The third-order valence-electron chi connectivity index (χ3n) is 5.48. The van der Waals surface area contributed by atoms with Gasteiger partial charge < -0.3 is 19.4 Å². The molecule has 1 aliphatic heterocycles. The van der Waals surface area contributed by atoms with E-state index < -0.39 is 4.92 Å². The summed E-state index contributed by atoms with van der Waals surface area (Å²) < 4.78 is 13.3. The number of fused-ring (bicyclic) bond motifs is 1. The van der Waals surface area contributed by atoms with Gasteiger partial charge in [0.1, 0.15) is 18.9 Å². The van der Waals surface area contributed by atoms with Gasteiger partial charge in [-0.15, -0.1) is 0 Å². The number of nitro benzene ring substituents is 1. The summed E-state index contributed by atoms with van der Waals surface area (Å²) in [5, 5.41) is 14.8. The molecule has 3 aromatic rings. The molecule has 1 amide bonds. The van der Waals surface area contributed by atoms with Gasteiger partial charge in [0, 0.05) is 18.2 Å². The number of ether oxygens (including phenoxy) is 2. The number of hydrogen-bond acceptors (Lipinski definition) is 7. The summed E-state index contributed by atoms with van der Waals surface area (Å²) in [4.78, 5) is 28.0. The van der Waals surface area contributed by atoms with E-state index in [2.05, 4.69) is 10.3 Å². The lowest BCUT2D eigenvalue weighted by atomic mass is 10.1. The fourth-order valence-electron chi connectivity index (χ4n) is 3.63. The highest BCUT2D eigenvalue weighted by Crippen LogP contribution is 2.36. The molecular formula is C23H24N4O5S. The zero-order valence-corrected chi connectivity index (χ0v) is 19.4. The van der Waals surface area contributed by atoms with Gasteiger partial charge in [0.2, 0.25) is 5.91 Å². The predicted octanol–water partition coefficient (Wildman–Crippen LogP) is 4.60. The van der Waals surface area contributed by atoms with Crippen molar-refractivity contribution in [3.8, 4) is 22.8 Å². The summed E-state index contributed by atoms with van der Waals surface area (Å²) in [6.07, 6.45) is 1.77. The van der Waals surface area contributed by atoms with Gasteiger partial charge >= 0.3 is 0 Å². The van der Waals surface area contributed by atoms with Gasteiger partial charge in [0.25, 0.3) is 5.69 Å². The lowest BCUT2D eigenvalue weighted by Crippen LogP contribution is -2.17. The van der Waals surface area contributed by atoms with Crippen LogP contribution in [0.15, 0.2) is 41.7 Å². The third-order valence-corrected chi connectivity index (χ3v) is 6.47. The zero-order chi connectivity index (χ0) is 23.5. The van der Waals surface area contributed by atoms with Crippen LogP contribution < -0.4 is 14.8 Å². The Kier molecular flexibility index (Phi) is 6.55. The predicted molar refractivity (Wildman–Crippen MR) is 126 cm³/mol. The van der Waals surface area contributed by atoms with Gasteiger partial charge in [-0.2, -0.15) is 0 Å². The van der Waals surface area contributed by atoms with E-state index in [-0.39, 0.29) is 23.0 Å². The Morgan fingerprint density at radius 3 is 2.70 bits per heavy atom. The molecule has 0 bridgehead atoms. The Hall–Kier alpha value is -3.53. The third kappa shape index (κ3) is 4.65. The number of anilines is 1. The van der Waals surface area contributed by atoms with Gasteiger partial charge in [-0.1, -0.05) is 17.8 Å². The summed E-state index contributed by atoms with van der Waals surface area (Å²) >= 11 is 1.28. The molecule has 0 spiro atoms. The van der Waals surface area contributed by atoms with Crippen LogP contribution in [0.3, 0.4) is 0 Å². The number of hydrogen-bond donors (Lipinski definition) is 1. The maximum Gasteiger partial charge on any atom is 0.293 e. The molecule has 2 aromatic carbocycles. The fourth-order valence-corrected chi connectivity index (χ4v) is 4.47. The van der Waals surface area contributed by atoms with Gasteiger partial charge in [0.05, 0.1) is 22.6 Å². The number of imidazole rings is 1. The van der Waals surface area contributed by atoms with Crippen LogP contribution in [0.2, 0.25) is 0 Å². The molecule has 4 rings (SSSR count). The minimum atomic E-state index is -0.487. The van der Waals surface area contributed by atoms with Crippen molar-refractivity contribution < 1.29 is 19.2 Å². The second-order valence-electron chi connectivity index (χ2n) is 7.52. The number of aryl methyl sites for hydroxylation is 1. The molecule has 0 unspecified atom stereocenters. The lowest BCUT2D eigenvalue weighted by Gasteiger charge is -2.19. The number of carbonyl (C=O) groups excluding carboxylic acids is 1. The molecule has 0 saturated carbocycles. The summed E-state index contributed by atoms with van der Waals surface area (Å²) in [5.74, 6) is 1.16. The minimum absolute atomic E-state index is 0.0716. The van der Waals surface area contributed by atoms with Gasteiger partial charge in [-0.3, -0.25) is 14.9 Å². The maximum atomic E-state index is 12.6. The Bertz CT molecular complexity index is 1220. The summed E-state index contributed by atoms with van der Waals surface area (Å²) in [6, 6.07) is 8.86. The summed E-state index contributed by atoms with van der Waals surface area (Å²) in [7, 11) is 0. The molecule has 1 aliphatic rings. The first-order valence-corrected chi connectivity index (χ1v) is 11.5. The van der Waals surface area contributed by atoms with Crippen LogP contribution in [0.5, 0.6) is 11.5 Å². The monoisotopic (exact) mass is 468 g/mol. The van der Waals surface area contributed by atoms with E-state index in [1.165, 1.54) is 17.8 Å². The molecule has 0 radical (unpaired) electrons. The zero-order valence-electron chi connectivity index (χ0n) is 18.6. The number of nitro groups is 1. The number of benzene rings is 2. The number of nitrogens with one attached hydrogen (secondary N) is 1. The summed E-state index contributed by atoms with van der Waals surface area (Å²) in [5.41, 5.74) is 3.51. The normalized spacial score (nSPS) is 12.5. The Balaban J connectivity index is 1.50. The second kappa shape index (κ2) is 9.53. The van der Waals surface area contributed by atoms with Crippen LogP contribution in [0.1, 0.15) is 18.1 Å². The number of amides is 1. The fraction of sp³-hybridized carbons (Fsp3) is 0.304. The average molecular weight is 469 g/mol. The standard InChI is InChI=1S/C23H24N4O5S/c1-4-26-18(16-6-8-19-20(11-16)32-10-9-31-19)12-24-23(26)33-13-21(28)25-22-15(3)14(2)5-7-17(22)27(29)30/h5-8,11-12H,4,9-10,13H2,1-3H3,(H,25,28). The average Bonchev–Trinajstić information content (AvgIpc) is 3.23. The van der Waals surface area contributed by atoms with Crippen molar-refractivity contribution in [3.63, 3.8) is 0 Å². The molecule has 1 aromatic heterocycles. The Morgan fingerprint density at radius 1 is 1.21 bits per heavy atom. The van der Waals surface area contributed by atoms with E-state index in [4.69, 9.17) is 9.47 Å². The molecule has 10 heteroatoms. The topological polar surface area (TPSA) is 109 Å². The van der Waals surface area contributed by atoms with Crippen molar-refractivity contribution in [2.24, 2.45) is 0 Å². The van der Waals surface area contributed by atoms with E-state index in [0.717, 1.165) is 22.6 Å². The minimum Gasteiger partial charge on any atom is -0.486 e. The van der Waals surface area contributed by atoms with Gasteiger partial charge in [0.15, 0.2) is 16.7 Å². The molecule has 0 saturated heterocycles. The number of aromatic nitrogens is 2. The van der Waals surface area contributed by atoms with E-state index in [0.29, 0.717) is 36.2 Å². The van der Waals surface area contributed by atoms with E-state index in [1.54, 1.807) is 19.2 Å². The van der Waals surface area contributed by atoms with Crippen LogP contribution in [0.4, 0.5) is 11.4 Å². The Morgan fingerprint density at radius 2 is 1.97 bits per heavy atom. The molecule has 172 valence electrons. The first-order valence-electron chi connectivity index (χ1n) is 10.5. The SMILES string of the molecule is CCn1c(-c2ccc3c(c2)OCCO3)cnc1SCC(=O)Nc1c([N+](=O)[O-])ccc(C)c1C. The van der Waals surface area contributed by atoms with Crippen LogP contribution in [-0.2, 0) is 11.3 Å². The molecule has 0 fully saturated rings. The van der Waals surface area contributed by atoms with Crippen molar-refractivity contribution in [1.29, 1.82) is 0 Å². The number of rotatable bonds is 7. The highest BCUT2D eigenvalue weighted by atomic mass is 32.2. The smallest absolute Gasteiger partial charge is 0.293 e. The maximum absolute atomic E-state index is 12.6. The van der Waals surface area contributed by atoms with Crippen molar-refractivity contribution in [3.05, 3.63) is 57.8 Å². The Labute approximate surface area is 195 Å². The van der Waals surface area contributed by atoms with Gasteiger partial charge in [-0.25, -0.2) is 4.98 Å². The molecule has 2 heterocycles. The molecule has 33 heavy (non-hydrogen) atoms. The number of nitrogens with zero attached hydrogens (tertiary/aromatic N) is 3. The molecule has 9 nitrogen and oxygen atoms in total. The van der Waals surface area contributed by atoms with Crippen molar-refractivity contribution >= 4 is 29.0 Å². The summed E-state index contributed by atoms with van der Waals surface area (Å²) in [6.45, 7) is 7.32. The number of carbonyl (C=O) groups is 1. The van der Waals surface area contributed by atoms with Crippen molar-refractivity contribution in [2.45, 2.75) is 32.5 Å². The quantitative estimate of drug-likeness (QED) is 0.307. The first kappa shape index (κ1) is 22.7. The van der Waals surface area contributed by atoms with E-state index >= 15 is 0 Å². The lowest BCUT2D eigenvalue weighted by molar-refractivity contribution is -0.384. The molecule has 0 atom stereocenters. The van der Waals surface area contributed by atoms with E-state index in [9.17, 15) is 14.9 Å². The van der Waals surface area contributed by atoms with Crippen LogP contribution in [0.25, 0.3) is 11.3 Å². The van der Waals surface area contributed by atoms with Crippen LogP contribution in [-0.4, -0.2) is 39.3 Å². The first-order chi connectivity index (χ1) is 15.9. The van der Waals surface area contributed by atoms with Gasteiger partial charge in [-0.05, 0) is 50.1 Å². The largest absolute Gasteiger partial charge is 0.486 e. The molecule has 1 N–H and O–H groups in total. The number of thioether (sulfide) groups is 1.